The van der Waals surface area contributed by atoms with Crippen molar-refractivity contribution in [2.45, 2.75) is 6.30 Å². The minimum Gasteiger partial charge on any atom is -0.367 e. The molecule has 1 aliphatic heterocycles. The van der Waals surface area contributed by atoms with Gasteiger partial charge in [-0.2, -0.15) is 9.78 Å². The van der Waals surface area contributed by atoms with Crippen molar-refractivity contribution in [3.05, 3.63) is 30.5 Å². The lowest BCUT2D eigenvalue weighted by molar-refractivity contribution is -0.212. The third-order valence-electron chi connectivity index (χ3n) is 3.41. The van der Waals surface area contributed by atoms with Gasteiger partial charge in [0.1, 0.15) is 5.82 Å². The molecule has 0 amide bonds. The summed E-state index contributed by atoms with van der Waals surface area (Å²) < 4.78 is 51.3. The van der Waals surface area contributed by atoms with Crippen LogP contribution in [-0.4, -0.2) is 40.9 Å². The van der Waals surface area contributed by atoms with E-state index < -0.39 is 12.1 Å². The Morgan fingerprint density at radius 1 is 1.14 bits per heavy atom. The van der Waals surface area contributed by atoms with Gasteiger partial charge in [-0.3, -0.25) is 4.98 Å². The Morgan fingerprint density at radius 2 is 1.86 bits per heavy atom. The van der Waals surface area contributed by atoms with Gasteiger partial charge in [0.2, 0.25) is 0 Å². The quantitative estimate of drug-likeness (QED) is 0.861. The molecule has 9 heteroatoms. The first kappa shape index (κ1) is 14.8. The number of hydrogen-bond donors (Lipinski definition) is 1. The van der Waals surface area contributed by atoms with Crippen LogP contribution in [-0.2, 0) is 6.30 Å². The standard InChI is InChI=1S/C13H13F4N5/c14-10-5-11(21-3-1-18-2-4-21)12(19-7-10)9-6-20-22(8-9)13(15,16)17/h5-8,18H,1-4H2. The van der Waals surface area contributed by atoms with Crippen LogP contribution in [0.15, 0.2) is 24.7 Å². The fraction of sp³-hybridized carbons (Fsp3) is 0.385. The first-order valence-electron chi connectivity index (χ1n) is 6.68. The lowest BCUT2D eigenvalue weighted by atomic mass is 10.1. The average Bonchev–Trinajstić information content (AvgIpc) is 2.98. The summed E-state index contributed by atoms with van der Waals surface area (Å²) in [5.74, 6) is -0.527. The van der Waals surface area contributed by atoms with E-state index >= 15 is 0 Å². The second-order valence-corrected chi connectivity index (χ2v) is 4.90. The Balaban J connectivity index is 2.01. The molecule has 118 valence electrons. The molecule has 0 spiro atoms. The zero-order valence-electron chi connectivity index (χ0n) is 11.4. The van der Waals surface area contributed by atoms with E-state index in [-0.39, 0.29) is 10.2 Å². The van der Waals surface area contributed by atoms with Crippen LogP contribution in [0.1, 0.15) is 0 Å². The van der Waals surface area contributed by atoms with Crippen LogP contribution in [0.3, 0.4) is 0 Å². The number of alkyl halides is 3. The lowest BCUT2D eigenvalue weighted by Crippen LogP contribution is -2.43. The van der Waals surface area contributed by atoms with Gasteiger partial charge < -0.3 is 10.2 Å². The van der Waals surface area contributed by atoms with Gasteiger partial charge >= 0.3 is 6.30 Å². The van der Waals surface area contributed by atoms with Gasteiger partial charge in [0, 0.05) is 44.0 Å². The largest absolute Gasteiger partial charge is 0.504 e. The highest BCUT2D eigenvalue weighted by molar-refractivity contribution is 5.74. The Morgan fingerprint density at radius 3 is 2.50 bits per heavy atom. The van der Waals surface area contributed by atoms with Crippen molar-refractivity contribution in [2.75, 3.05) is 31.1 Å². The van der Waals surface area contributed by atoms with E-state index in [1.807, 2.05) is 4.90 Å². The normalized spacial score (nSPS) is 16.1. The molecular formula is C13H13F4N5. The minimum absolute atomic E-state index is 0.0884. The number of rotatable bonds is 2. The summed E-state index contributed by atoms with van der Waals surface area (Å²) in [5, 5.41) is 6.46. The summed E-state index contributed by atoms with van der Waals surface area (Å²) in [7, 11) is 0. The molecule has 0 atom stereocenters. The maximum absolute atomic E-state index is 13.5. The Hall–Kier alpha value is -2.16. The van der Waals surface area contributed by atoms with Gasteiger partial charge in [-0.15, -0.1) is 13.2 Å². The molecule has 0 radical (unpaired) electrons. The van der Waals surface area contributed by atoms with E-state index in [0.29, 0.717) is 24.5 Å². The Kier molecular flexibility index (Phi) is 3.73. The molecule has 2 aromatic rings. The van der Waals surface area contributed by atoms with Crippen LogP contribution >= 0.6 is 0 Å². The van der Waals surface area contributed by atoms with E-state index in [1.165, 1.54) is 6.07 Å². The topological polar surface area (TPSA) is 46.0 Å². The third-order valence-corrected chi connectivity index (χ3v) is 3.41. The van der Waals surface area contributed by atoms with E-state index in [0.717, 1.165) is 31.7 Å². The zero-order valence-corrected chi connectivity index (χ0v) is 11.4. The fourth-order valence-electron chi connectivity index (χ4n) is 2.38. The maximum Gasteiger partial charge on any atom is 0.504 e. The molecule has 1 N–H and O–H groups in total. The molecule has 3 heterocycles. The highest BCUT2D eigenvalue weighted by Crippen LogP contribution is 2.31. The van der Waals surface area contributed by atoms with Crippen LogP contribution < -0.4 is 10.2 Å². The monoisotopic (exact) mass is 315 g/mol. The number of nitrogens with zero attached hydrogens (tertiary/aromatic N) is 4. The summed E-state index contributed by atoms with van der Waals surface area (Å²) in [6.45, 7) is 2.70. The fourth-order valence-corrected chi connectivity index (χ4v) is 2.38. The maximum atomic E-state index is 13.5. The summed E-state index contributed by atoms with van der Waals surface area (Å²) in [6.07, 6.45) is -1.66. The smallest absolute Gasteiger partial charge is 0.367 e. The van der Waals surface area contributed by atoms with Crippen LogP contribution in [0, 0.1) is 5.82 Å². The number of hydrogen-bond acceptors (Lipinski definition) is 4. The van der Waals surface area contributed by atoms with Gasteiger partial charge in [0.25, 0.3) is 0 Å². The van der Waals surface area contributed by atoms with Crippen molar-refractivity contribution in [3.63, 3.8) is 0 Å². The third kappa shape index (κ3) is 2.89. The van der Waals surface area contributed by atoms with Crippen LogP contribution in [0.4, 0.5) is 23.2 Å². The number of piperazine rings is 1. The predicted octanol–water partition coefficient (Wildman–Crippen LogP) is 1.97. The summed E-state index contributed by atoms with van der Waals surface area (Å²) >= 11 is 0. The van der Waals surface area contributed by atoms with Crippen molar-refractivity contribution < 1.29 is 17.6 Å². The van der Waals surface area contributed by atoms with E-state index in [2.05, 4.69) is 15.4 Å². The molecule has 22 heavy (non-hydrogen) atoms. The minimum atomic E-state index is -4.59. The lowest BCUT2D eigenvalue weighted by Gasteiger charge is -2.30. The number of nitrogens with one attached hydrogen (secondary N) is 1. The highest BCUT2D eigenvalue weighted by atomic mass is 19.4. The SMILES string of the molecule is Fc1cnc(-c2cnn(C(F)(F)F)c2)c(N2CCNCC2)c1. The van der Waals surface area contributed by atoms with E-state index in [4.69, 9.17) is 0 Å². The van der Waals surface area contributed by atoms with Gasteiger partial charge in [-0.1, -0.05) is 0 Å². The molecule has 0 aromatic carbocycles. The van der Waals surface area contributed by atoms with Crippen molar-refractivity contribution in [3.8, 4) is 11.3 Å². The average molecular weight is 315 g/mol. The molecule has 0 saturated carbocycles. The molecular weight excluding hydrogens is 302 g/mol. The van der Waals surface area contributed by atoms with Gasteiger partial charge in [-0.05, 0) is 0 Å². The predicted molar refractivity (Wildman–Crippen MR) is 71.8 cm³/mol. The van der Waals surface area contributed by atoms with Crippen molar-refractivity contribution in [1.82, 2.24) is 20.1 Å². The molecule has 1 fully saturated rings. The first-order valence-corrected chi connectivity index (χ1v) is 6.68. The molecule has 5 nitrogen and oxygen atoms in total. The van der Waals surface area contributed by atoms with Gasteiger partial charge in [0.05, 0.1) is 23.8 Å². The second kappa shape index (κ2) is 5.56. The number of halogens is 4. The zero-order chi connectivity index (χ0) is 15.7. The van der Waals surface area contributed by atoms with Crippen molar-refractivity contribution in [2.24, 2.45) is 0 Å². The Labute approximate surface area is 123 Å². The van der Waals surface area contributed by atoms with Crippen LogP contribution in [0.2, 0.25) is 0 Å². The molecule has 1 aliphatic rings. The second-order valence-electron chi connectivity index (χ2n) is 4.90. The van der Waals surface area contributed by atoms with E-state index in [1.54, 1.807) is 0 Å². The van der Waals surface area contributed by atoms with Gasteiger partial charge in [0.15, 0.2) is 0 Å². The van der Waals surface area contributed by atoms with Gasteiger partial charge in [-0.25, -0.2) is 4.39 Å². The summed E-state index contributed by atoms with van der Waals surface area (Å²) in [6, 6.07) is 1.29. The van der Waals surface area contributed by atoms with Crippen LogP contribution in [0.5, 0.6) is 0 Å². The summed E-state index contributed by atoms with van der Waals surface area (Å²) in [5.41, 5.74) is 0.966. The molecule has 0 unspecified atom stereocenters. The molecule has 3 rings (SSSR count). The summed E-state index contributed by atoms with van der Waals surface area (Å²) in [4.78, 5) is 5.86. The molecule has 0 bridgehead atoms. The van der Waals surface area contributed by atoms with Crippen LogP contribution in [0.25, 0.3) is 11.3 Å². The highest BCUT2D eigenvalue weighted by Gasteiger charge is 2.32. The van der Waals surface area contributed by atoms with E-state index in [9.17, 15) is 17.6 Å². The number of anilines is 1. The van der Waals surface area contributed by atoms with Crippen molar-refractivity contribution in [1.29, 1.82) is 0 Å². The first-order chi connectivity index (χ1) is 10.4. The van der Waals surface area contributed by atoms with Crippen molar-refractivity contribution >= 4 is 5.69 Å². The number of pyridine rings is 1. The molecule has 1 saturated heterocycles. The Bertz CT molecular complexity index is 661. The molecule has 2 aromatic heterocycles. The number of aromatic nitrogens is 3. The molecule has 0 aliphatic carbocycles.